The maximum absolute atomic E-state index is 12.0. The molecular formula is C13H20N2OS. The second-order valence-electron chi connectivity index (χ2n) is 3.94. The smallest absolute Gasteiger partial charge is 0.235 e. The predicted molar refractivity (Wildman–Crippen MR) is 73.3 cm³/mol. The largest absolute Gasteiger partial charge is 0.344 e. The number of benzene rings is 1. The number of carbonyl (C=O) groups excluding carboxylic acids is 1. The van der Waals surface area contributed by atoms with Crippen molar-refractivity contribution < 1.29 is 4.79 Å². The standard InChI is InChI=1S/C13H20N2OS/c1-11(13(16)15(3)10-9-14-2)17-12-7-5-4-6-8-12/h4-8,11,14H,9-10H2,1-3H3. The molecule has 1 rings (SSSR count). The maximum Gasteiger partial charge on any atom is 0.235 e. The molecule has 17 heavy (non-hydrogen) atoms. The van der Waals surface area contributed by atoms with E-state index in [1.54, 1.807) is 16.7 Å². The molecule has 94 valence electrons. The number of carbonyl (C=O) groups is 1. The van der Waals surface area contributed by atoms with Crippen LogP contribution in [-0.4, -0.2) is 43.2 Å². The van der Waals surface area contributed by atoms with Gasteiger partial charge in [0.1, 0.15) is 0 Å². The van der Waals surface area contributed by atoms with E-state index in [-0.39, 0.29) is 11.2 Å². The van der Waals surface area contributed by atoms with E-state index in [1.165, 1.54) is 0 Å². The van der Waals surface area contributed by atoms with Gasteiger partial charge in [0, 0.05) is 25.0 Å². The number of rotatable bonds is 6. The highest BCUT2D eigenvalue weighted by atomic mass is 32.2. The van der Waals surface area contributed by atoms with Crippen molar-refractivity contribution in [3.05, 3.63) is 30.3 Å². The summed E-state index contributed by atoms with van der Waals surface area (Å²) in [4.78, 5) is 14.9. The number of likely N-dealkylation sites (N-methyl/N-ethyl adjacent to an activating group) is 2. The third kappa shape index (κ3) is 4.79. The summed E-state index contributed by atoms with van der Waals surface area (Å²) in [5.74, 6) is 0.175. The van der Waals surface area contributed by atoms with E-state index in [0.717, 1.165) is 18.0 Å². The Morgan fingerprint density at radius 2 is 2.06 bits per heavy atom. The Balaban J connectivity index is 2.47. The van der Waals surface area contributed by atoms with Gasteiger partial charge in [-0.1, -0.05) is 18.2 Å². The Hall–Kier alpha value is -1.00. The second kappa shape index (κ2) is 7.35. The molecule has 1 unspecified atom stereocenters. The molecule has 0 aromatic heterocycles. The Morgan fingerprint density at radius 1 is 1.41 bits per heavy atom. The normalized spacial score (nSPS) is 12.2. The summed E-state index contributed by atoms with van der Waals surface area (Å²) in [5, 5.41) is 3.00. The predicted octanol–water partition coefficient (Wildman–Crippen LogP) is 1.84. The molecular weight excluding hydrogens is 232 g/mol. The zero-order valence-electron chi connectivity index (χ0n) is 10.6. The molecule has 0 saturated carbocycles. The van der Waals surface area contributed by atoms with Gasteiger partial charge in [-0.05, 0) is 26.1 Å². The number of nitrogens with one attached hydrogen (secondary N) is 1. The molecule has 0 fully saturated rings. The van der Waals surface area contributed by atoms with Gasteiger partial charge in [0.05, 0.1) is 5.25 Å². The van der Waals surface area contributed by atoms with E-state index < -0.39 is 0 Å². The van der Waals surface area contributed by atoms with Crippen LogP contribution in [0.15, 0.2) is 35.2 Å². The Morgan fingerprint density at radius 3 is 2.65 bits per heavy atom. The molecule has 1 amide bonds. The number of hydrogen-bond donors (Lipinski definition) is 1. The lowest BCUT2D eigenvalue weighted by molar-refractivity contribution is -0.128. The topological polar surface area (TPSA) is 32.3 Å². The van der Waals surface area contributed by atoms with Crippen LogP contribution in [0.3, 0.4) is 0 Å². The molecule has 4 heteroatoms. The molecule has 0 aliphatic heterocycles. The van der Waals surface area contributed by atoms with Gasteiger partial charge in [-0.15, -0.1) is 11.8 Å². The van der Waals surface area contributed by atoms with Crippen LogP contribution in [-0.2, 0) is 4.79 Å². The van der Waals surface area contributed by atoms with Crippen LogP contribution in [0.25, 0.3) is 0 Å². The fraction of sp³-hybridized carbons (Fsp3) is 0.462. The number of amides is 1. The average molecular weight is 252 g/mol. The van der Waals surface area contributed by atoms with Crippen molar-refractivity contribution in [2.24, 2.45) is 0 Å². The van der Waals surface area contributed by atoms with E-state index >= 15 is 0 Å². The minimum atomic E-state index is -0.0424. The van der Waals surface area contributed by atoms with Crippen LogP contribution in [0.5, 0.6) is 0 Å². The van der Waals surface area contributed by atoms with Crippen LogP contribution in [0.1, 0.15) is 6.92 Å². The Labute approximate surface area is 108 Å². The molecule has 1 aromatic carbocycles. The van der Waals surface area contributed by atoms with Gasteiger partial charge in [-0.2, -0.15) is 0 Å². The highest BCUT2D eigenvalue weighted by Gasteiger charge is 2.17. The van der Waals surface area contributed by atoms with Gasteiger partial charge < -0.3 is 10.2 Å². The lowest BCUT2D eigenvalue weighted by Crippen LogP contribution is -2.37. The van der Waals surface area contributed by atoms with E-state index in [9.17, 15) is 4.79 Å². The fourth-order valence-corrected chi connectivity index (χ4v) is 2.46. The van der Waals surface area contributed by atoms with Gasteiger partial charge in [0.25, 0.3) is 0 Å². The summed E-state index contributed by atoms with van der Waals surface area (Å²) >= 11 is 1.60. The summed E-state index contributed by atoms with van der Waals surface area (Å²) < 4.78 is 0. The summed E-state index contributed by atoms with van der Waals surface area (Å²) in [7, 11) is 3.74. The summed E-state index contributed by atoms with van der Waals surface area (Å²) in [6.07, 6.45) is 0. The van der Waals surface area contributed by atoms with Crippen molar-refractivity contribution in [2.75, 3.05) is 27.2 Å². The summed E-state index contributed by atoms with van der Waals surface area (Å²) in [6, 6.07) is 10.0. The van der Waals surface area contributed by atoms with Crippen molar-refractivity contribution in [2.45, 2.75) is 17.1 Å². The monoisotopic (exact) mass is 252 g/mol. The lowest BCUT2D eigenvalue weighted by atomic mass is 10.4. The van der Waals surface area contributed by atoms with E-state index in [2.05, 4.69) is 5.32 Å². The van der Waals surface area contributed by atoms with Crippen molar-refractivity contribution in [3.63, 3.8) is 0 Å². The lowest BCUT2D eigenvalue weighted by Gasteiger charge is -2.20. The van der Waals surface area contributed by atoms with Crippen molar-refractivity contribution in [3.8, 4) is 0 Å². The van der Waals surface area contributed by atoms with Gasteiger partial charge in [-0.3, -0.25) is 4.79 Å². The number of thioether (sulfide) groups is 1. The molecule has 0 spiro atoms. The molecule has 1 atom stereocenters. The third-order valence-corrected chi connectivity index (χ3v) is 3.58. The van der Waals surface area contributed by atoms with E-state index in [0.29, 0.717) is 0 Å². The summed E-state index contributed by atoms with van der Waals surface area (Å²) in [6.45, 7) is 3.52. The van der Waals surface area contributed by atoms with Crippen molar-refractivity contribution in [1.82, 2.24) is 10.2 Å². The van der Waals surface area contributed by atoms with Crippen LogP contribution < -0.4 is 5.32 Å². The Bertz CT molecular complexity index is 343. The molecule has 0 heterocycles. The zero-order valence-corrected chi connectivity index (χ0v) is 11.5. The summed E-state index contributed by atoms with van der Waals surface area (Å²) in [5.41, 5.74) is 0. The van der Waals surface area contributed by atoms with E-state index in [4.69, 9.17) is 0 Å². The molecule has 3 nitrogen and oxygen atoms in total. The van der Waals surface area contributed by atoms with Crippen molar-refractivity contribution in [1.29, 1.82) is 0 Å². The highest BCUT2D eigenvalue weighted by molar-refractivity contribution is 8.00. The highest BCUT2D eigenvalue weighted by Crippen LogP contribution is 2.23. The molecule has 0 saturated heterocycles. The van der Waals surface area contributed by atoms with Gasteiger partial charge in [0.15, 0.2) is 0 Å². The average Bonchev–Trinajstić information content (AvgIpc) is 2.36. The van der Waals surface area contributed by atoms with E-state index in [1.807, 2.05) is 51.4 Å². The maximum atomic E-state index is 12.0. The molecule has 0 aliphatic rings. The number of hydrogen-bond acceptors (Lipinski definition) is 3. The second-order valence-corrected chi connectivity index (χ2v) is 5.35. The first kappa shape index (κ1) is 14.1. The number of nitrogens with zero attached hydrogens (tertiary/aromatic N) is 1. The molecule has 1 N–H and O–H groups in total. The first-order chi connectivity index (χ1) is 8.15. The van der Waals surface area contributed by atoms with Gasteiger partial charge in [0.2, 0.25) is 5.91 Å². The van der Waals surface area contributed by atoms with Crippen LogP contribution >= 0.6 is 11.8 Å². The molecule has 0 radical (unpaired) electrons. The van der Waals surface area contributed by atoms with Crippen LogP contribution in [0.2, 0.25) is 0 Å². The first-order valence-electron chi connectivity index (χ1n) is 5.76. The van der Waals surface area contributed by atoms with Crippen molar-refractivity contribution >= 4 is 17.7 Å². The SMILES string of the molecule is CNCCN(C)C(=O)C(C)Sc1ccccc1. The quantitative estimate of drug-likeness (QED) is 0.784. The molecule has 0 aliphatic carbocycles. The van der Waals surface area contributed by atoms with Gasteiger partial charge >= 0.3 is 0 Å². The molecule has 0 bridgehead atoms. The van der Waals surface area contributed by atoms with Crippen LogP contribution in [0.4, 0.5) is 0 Å². The van der Waals surface area contributed by atoms with Crippen LogP contribution in [0, 0.1) is 0 Å². The third-order valence-electron chi connectivity index (χ3n) is 2.48. The Kier molecular flexibility index (Phi) is 6.08. The minimum Gasteiger partial charge on any atom is -0.344 e. The first-order valence-corrected chi connectivity index (χ1v) is 6.64. The van der Waals surface area contributed by atoms with Gasteiger partial charge in [-0.25, -0.2) is 0 Å². The molecule has 1 aromatic rings. The fourth-order valence-electron chi connectivity index (χ4n) is 1.45. The zero-order chi connectivity index (χ0) is 12.7. The minimum absolute atomic E-state index is 0.0424.